The molecule has 1 amide bonds. The molecular formula is C26H39BrClN3O3Zn. The number of anilines is 1. The molecule has 0 unspecified atom stereocenters. The summed E-state index contributed by atoms with van der Waals surface area (Å²) in [6, 6.07) is 4.45. The Kier molecular flexibility index (Phi) is 13.0. The third-order valence-corrected chi connectivity index (χ3v) is 5.96. The van der Waals surface area contributed by atoms with Gasteiger partial charge in [-0.1, -0.05) is 38.3 Å². The summed E-state index contributed by atoms with van der Waals surface area (Å²) in [6.45, 7) is 13.8. The van der Waals surface area contributed by atoms with E-state index in [0.717, 1.165) is 23.1 Å². The molecule has 1 saturated carbocycles. The van der Waals surface area contributed by atoms with Gasteiger partial charge in [0.25, 0.3) is 6.01 Å². The molecule has 2 fully saturated rings. The van der Waals surface area contributed by atoms with E-state index in [9.17, 15) is 4.79 Å². The van der Waals surface area contributed by atoms with Gasteiger partial charge in [0.1, 0.15) is 11.1 Å². The van der Waals surface area contributed by atoms with Crippen LogP contribution in [-0.4, -0.2) is 47.3 Å². The predicted molar refractivity (Wildman–Crippen MR) is 135 cm³/mol. The first-order valence-corrected chi connectivity index (χ1v) is 12.6. The van der Waals surface area contributed by atoms with Gasteiger partial charge in [-0.05, 0) is 57.7 Å². The van der Waals surface area contributed by atoms with Crippen molar-refractivity contribution in [3.8, 4) is 0 Å². The van der Waals surface area contributed by atoms with Gasteiger partial charge in [0.05, 0.1) is 0 Å². The third-order valence-electron chi connectivity index (χ3n) is 5.74. The zero-order valence-corrected chi connectivity index (χ0v) is 27.4. The molecule has 9 heteroatoms. The number of fused-ring (bicyclic) bond motifs is 1. The average molecular weight is 622 g/mol. The molecule has 35 heavy (non-hydrogen) atoms. The molecule has 4 rings (SSSR count). The molecule has 0 radical (unpaired) electrons. The summed E-state index contributed by atoms with van der Waals surface area (Å²) in [6.07, 6.45) is 8.61. The van der Waals surface area contributed by atoms with Gasteiger partial charge in [-0.25, -0.2) is 4.79 Å². The maximum absolute atomic E-state index is 12.4. The van der Waals surface area contributed by atoms with Gasteiger partial charge >= 0.3 is 25.6 Å². The molecular weight excluding hydrogens is 583 g/mol. The molecule has 1 aromatic heterocycles. The van der Waals surface area contributed by atoms with Crippen LogP contribution in [0.4, 0.5) is 10.8 Å². The van der Waals surface area contributed by atoms with Crippen LogP contribution in [0.3, 0.4) is 0 Å². The second-order valence-electron chi connectivity index (χ2n) is 10.5. The molecule has 2 aliphatic rings. The molecule has 0 N–H and O–H groups in total. The minimum Gasteiger partial charge on any atom is -1.00 e. The van der Waals surface area contributed by atoms with Crippen molar-refractivity contribution < 1.29 is 50.4 Å². The van der Waals surface area contributed by atoms with E-state index < -0.39 is 5.60 Å². The Balaban J connectivity index is 0.000000779. The van der Waals surface area contributed by atoms with Crippen LogP contribution >= 0.6 is 11.6 Å². The van der Waals surface area contributed by atoms with Crippen molar-refractivity contribution in [2.24, 2.45) is 5.92 Å². The molecule has 1 aromatic carbocycles. The van der Waals surface area contributed by atoms with Crippen LogP contribution in [0.25, 0.3) is 11.1 Å². The Morgan fingerprint density at radius 3 is 2.43 bits per heavy atom. The number of hydrogen-bond acceptors (Lipinski definition) is 5. The van der Waals surface area contributed by atoms with Crippen LogP contribution in [0.15, 0.2) is 16.5 Å². The normalized spacial score (nSPS) is 18.0. The number of aromatic nitrogens is 1. The molecule has 1 atom stereocenters. The van der Waals surface area contributed by atoms with Gasteiger partial charge in [-0.15, -0.1) is 0 Å². The van der Waals surface area contributed by atoms with Crippen LogP contribution in [0, 0.1) is 12.3 Å². The fourth-order valence-corrected chi connectivity index (χ4v) is 4.46. The number of hydrogen-bond donors (Lipinski definition) is 0. The largest absolute Gasteiger partial charge is 2.00 e. The Bertz CT molecular complexity index is 936. The number of amides is 1. The van der Waals surface area contributed by atoms with Gasteiger partial charge in [0.15, 0.2) is 5.58 Å². The van der Waals surface area contributed by atoms with E-state index in [0.29, 0.717) is 36.6 Å². The number of rotatable bonds is 3. The first-order valence-electron chi connectivity index (χ1n) is 12.2. The minimum absolute atomic E-state index is 0. The fraction of sp³-hybridized carbons (Fsp3) is 0.654. The van der Waals surface area contributed by atoms with E-state index in [1.54, 1.807) is 4.90 Å². The van der Waals surface area contributed by atoms with Crippen LogP contribution in [0.2, 0.25) is 5.02 Å². The first kappa shape index (κ1) is 32.2. The topological polar surface area (TPSA) is 58.8 Å². The molecule has 6 nitrogen and oxygen atoms in total. The van der Waals surface area contributed by atoms with Crippen molar-refractivity contribution in [2.45, 2.75) is 85.3 Å². The maximum atomic E-state index is 12.4. The summed E-state index contributed by atoms with van der Waals surface area (Å²) in [5.41, 5.74) is 2.16. The monoisotopic (exact) mass is 619 g/mol. The van der Waals surface area contributed by atoms with Crippen LogP contribution in [-0.2, 0) is 30.6 Å². The average Bonchev–Trinajstić information content (AvgIpc) is 3.39. The van der Waals surface area contributed by atoms with E-state index in [4.69, 9.17) is 20.8 Å². The number of oxazole rings is 1. The molecule has 0 bridgehead atoms. The van der Waals surface area contributed by atoms with Gasteiger partial charge in [0.2, 0.25) is 0 Å². The van der Waals surface area contributed by atoms with Gasteiger partial charge in [-0.3, -0.25) is 0 Å². The molecule has 1 aliphatic carbocycles. The van der Waals surface area contributed by atoms with Crippen molar-refractivity contribution in [1.29, 1.82) is 0 Å². The second kappa shape index (κ2) is 14.2. The molecule has 1 saturated heterocycles. The van der Waals surface area contributed by atoms with Crippen molar-refractivity contribution in [1.82, 2.24) is 9.88 Å². The summed E-state index contributed by atoms with van der Waals surface area (Å²) < 4.78 is 11.7. The van der Waals surface area contributed by atoms with Crippen molar-refractivity contribution in [2.75, 3.05) is 24.5 Å². The smallest absolute Gasteiger partial charge is 1.00 e. The minimum atomic E-state index is -0.496. The molecule has 2 heterocycles. The van der Waals surface area contributed by atoms with Crippen molar-refractivity contribution in [3.05, 3.63) is 29.1 Å². The number of ether oxygens (including phenoxy) is 1. The standard InChI is InChI=1S/C21H30ClN3O3.C5H9.BrH.Zn/c1-13(2)9-15-10-16(22)11-17-18(15)27-19(23-17)25-8-7-24(12-14(25)3)20(26)28-21(4,5)6;1-2-4-5-3-1;;/h10-11,13-14H,7-9,12H2,1-6H3;1H,2-5H2;1H;/q;-1;;+2/p-1/t14-;;;/m0.../s1. The Labute approximate surface area is 239 Å². The number of piperazine rings is 1. The summed E-state index contributed by atoms with van der Waals surface area (Å²) in [4.78, 5) is 20.9. The van der Waals surface area contributed by atoms with E-state index in [2.05, 4.69) is 37.1 Å². The SMILES string of the molecule is CC(C)Cc1cc(Cl)cc2nc(N3CCN(C(=O)OC(C)(C)C)C[C@@H]3C)oc12.[Br-].[CH-]1CCCC1.[Zn+2]. The second-order valence-corrected chi connectivity index (χ2v) is 11.0. The molecule has 0 spiro atoms. The third kappa shape index (κ3) is 9.51. The van der Waals surface area contributed by atoms with Crippen molar-refractivity contribution >= 4 is 34.8 Å². The van der Waals surface area contributed by atoms with Crippen molar-refractivity contribution in [3.63, 3.8) is 0 Å². The quantitative estimate of drug-likeness (QED) is 0.385. The fourth-order valence-electron chi connectivity index (χ4n) is 4.22. The molecule has 1 aliphatic heterocycles. The Hall–Kier alpha value is -0.847. The molecule has 192 valence electrons. The van der Waals surface area contributed by atoms with Gasteiger partial charge < -0.3 is 42.4 Å². The summed E-state index contributed by atoms with van der Waals surface area (Å²) in [5.74, 6) is 0.492. The van der Waals surface area contributed by atoms with Crippen LogP contribution in [0.1, 0.15) is 72.8 Å². The number of benzene rings is 1. The Morgan fingerprint density at radius 1 is 1.26 bits per heavy atom. The van der Waals surface area contributed by atoms with Gasteiger partial charge in [-0.2, -0.15) is 17.8 Å². The predicted octanol–water partition coefficient (Wildman–Crippen LogP) is 3.89. The first-order chi connectivity index (χ1) is 15.5. The summed E-state index contributed by atoms with van der Waals surface area (Å²) >= 11 is 6.28. The number of halogens is 2. The van der Waals surface area contributed by atoms with Gasteiger partial charge in [0, 0.05) is 30.7 Å². The van der Waals surface area contributed by atoms with E-state index in [-0.39, 0.29) is 48.6 Å². The zero-order chi connectivity index (χ0) is 24.2. The zero-order valence-electron chi connectivity index (χ0n) is 22.1. The van der Waals surface area contributed by atoms with E-state index in [1.165, 1.54) is 25.7 Å². The van der Waals surface area contributed by atoms with Crippen LogP contribution < -0.4 is 21.9 Å². The number of carbonyl (C=O) groups excluding carboxylic acids is 1. The number of carbonyl (C=O) groups is 1. The molecule has 2 aromatic rings. The Morgan fingerprint density at radius 2 is 1.91 bits per heavy atom. The summed E-state index contributed by atoms with van der Waals surface area (Å²) in [7, 11) is 0. The maximum Gasteiger partial charge on any atom is 2.00 e. The van der Waals surface area contributed by atoms with Crippen LogP contribution in [0.5, 0.6) is 0 Å². The number of nitrogens with zero attached hydrogens (tertiary/aromatic N) is 3. The van der Waals surface area contributed by atoms with E-state index in [1.807, 2.05) is 32.9 Å². The van der Waals surface area contributed by atoms with E-state index >= 15 is 0 Å². The summed E-state index contributed by atoms with van der Waals surface area (Å²) in [5, 5.41) is 0.672.